The predicted molar refractivity (Wildman–Crippen MR) is 55.7 cm³/mol. The van der Waals surface area contributed by atoms with Crippen molar-refractivity contribution in [2.75, 3.05) is 6.54 Å². The van der Waals surface area contributed by atoms with Gasteiger partial charge < -0.3 is 0 Å². The second kappa shape index (κ2) is 5.42. The molecule has 0 bridgehead atoms. The first-order chi connectivity index (χ1) is 5.02. The van der Waals surface area contributed by atoms with Gasteiger partial charge >= 0.3 is 0 Å². The van der Waals surface area contributed by atoms with Crippen LogP contribution in [-0.2, 0) is 0 Å². The Morgan fingerprint density at radius 3 is 2.27 bits per heavy atom. The van der Waals surface area contributed by atoms with Gasteiger partial charge in [0, 0.05) is 10.6 Å². The highest BCUT2D eigenvalue weighted by molar-refractivity contribution is 7.80. The van der Waals surface area contributed by atoms with Gasteiger partial charge in [0.15, 0.2) is 0 Å². The highest BCUT2D eigenvalue weighted by Gasteiger charge is 1.98. The van der Waals surface area contributed by atoms with E-state index in [4.69, 9.17) is 12.2 Å². The molecule has 0 spiro atoms. The molecule has 0 saturated heterocycles. The molecule has 2 heteroatoms. The number of thiocarbonyl (C=S) groups is 1. The number of hydrogen-bond acceptors (Lipinski definition) is 2. The zero-order chi connectivity index (χ0) is 8.85. The molecule has 0 aromatic rings. The number of rotatable bonds is 4. The normalized spacial score (nSPS) is 9.91. The maximum atomic E-state index is 5.14. The summed E-state index contributed by atoms with van der Waals surface area (Å²) in [5.74, 6) is 0.662. The van der Waals surface area contributed by atoms with Gasteiger partial charge in [0.05, 0.1) is 6.54 Å². The van der Waals surface area contributed by atoms with E-state index in [1.807, 2.05) is 13.8 Å². The highest BCUT2D eigenvalue weighted by atomic mass is 32.1. The van der Waals surface area contributed by atoms with E-state index >= 15 is 0 Å². The Morgan fingerprint density at radius 2 is 1.91 bits per heavy atom. The average molecular weight is 171 g/mol. The number of hydrogen-bond donors (Lipinski definition) is 0. The lowest BCUT2D eigenvalue weighted by molar-refractivity contribution is 0.685. The topological polar surface area (TPSA) is 12.4 Å². The van der Waals surface area contributed by atoms with E-state index in [0.717, 1.165) is 23.5 Å². The third-order valence-electron chi connectivity index (χ3n) is 1.21. The summed E-state index contributed by atoms with van der Waals surface area (Å²) in [5, 5.41) is 0. The third-order valence-corrected chi connectivity index (χ3v) is 1.50. The van der Waals surface area contributed by atoms with E-state index in [1.54, 1.807) is 0 Å². The molecular weight excluding hydrogens is 154 g/mol. The maximum absolute atomic E-state index is 5.14. The lowest BCUT2D eigenvalue weighted by Gasteiger charge is -2.03. The van der Waals surface area contributed by atoms with Crippen molar-refractivity contribution in [3.05, 3.63) is 0 Å². The fraction of sp³-hybridized carbons (Fsp3) is 0.778. The molecule has 0 saturated carbocycles. The summed E-state index contributed by atoms with van der Waals surface area (Å²) in [7, 11) is 0. The minimum atomic E-state index is 0.662. The van der Waals surface area contributed by atoms with Crippen molar-refractivity contribution in [1.82, 2.24) is 0 Å². The fourth-order valence-electron chi connectivity index (χ4n) is 0.766. The van der Waals surface area contributed by atoms with Crippen molar-refractivity contribution in [2.24, 2.45) is 10.9 Å². The standard InChI is InChI=1S/C9H17NS/c1-7(2)5-9(11)6-10-8(3)4/h7H,5-6H2,1-4H3. The third kappa shape index (κ3) is 7.66. The van der Waals surface area contributed by atoms with Crippen LogP contribution < -0.4 is 0 Å². The largest absolute Gasteiger partial charge is 0.289 e. The van der Waals surface area contributed by atoms with Gasteiger partial charge in [-0.25, -0.2) is 0 Å². The summed E-state index contributed by atoms with van der Waals surface area (Å²) >= 11 is 5.14. The van der Waals surface area contributed by atoms with Crippen molar-refractivity contribution in [3.8, 4) is 0 Å². The number of aliphatic imine (C=N–C) groups is 1. The maximum Gasteiger partial charge on any atom is 0.0701 e. The molecule has 0 fully saturated rings. The van der Waals surface area contributed by atoms with E-state index in [1.165, 1.54) is 0 Å². The van der Waals surface area contributed by atoms with Gasteiger partial charge in [0.2, 0.25) is 0 Å². The molecule has 64 valence electrons. The molecule has 0 aromatic heterocycles. The summed E-state index contributed by atoms with van der Waals surface area (Å²) < 4.78 is 0. The average Bonchev–Trinajstić information content (AvgIpc) is 1.82. The first-order valence-corrected chi connectivity index (χ1v) is 4.42. The Labute approximate surface area is 74.9 Å². The molecule has 0 aliphatic rings. The second-order valence-corrected chi connectivity index (χ2v) is 3.98. The van der Waals surface area contributed by atoms with E-state index in [-0.39, 0.29) is 0 Å². The molecule has 0 N–H and O–H groups in total. The zero-order valence-corrected chi connectivity index (χ0v) is 8.66. The van der Waals surface area contributed by atoms with Crippen molar-refractivity contribution in [1.29, 1.82) is 0 Å². The van der Waals surface area contributed by atoms with E-state index in [9.17, 15) is 0 Å². The van der Waals surface area contributed by atoms with E-state index < -0.39 is 0 Å². The SMILES string of the molecule is CC(C)=NCC(=S)CC(C)C. The zero-order valence-electron chi connectivity index (χ0n) is 7.85. The Morgan fingerprint density at radius 1 is 1.36 bits per heavy atom. The van der Waals surface area contributed by atoms with Gasteiger partial charge in [-0.15, -0.1) is 0 Å². The first-order valence-electron chi connectivity index (χ1n) is 4.01. The van der Waals surface area contributed by atoms with E-state index in [0.29, 0.717) is 5.92 Å². The van der Waals surface area contributed by atoms with Crippen LogP contribution >= 0.6 is 12.2 Å². The summed E-state index contributed by atoms with van der Waals surface area (Å²) in [6, 6.07) is 0. The van der Waals surface area contributed by atoms with Crippen LogP contribution in [0.3, 0.4) is 0 Å². The quantitative estimate of drug-likeness (QED) is 0.468. The minimum Gasteiger partial charge on any atom is -0.289 e. The predicted octanol–water partition coefficient (Wildman–Crippen LogP) is 2.88. The fourth-order valence-corrected chi connectivity index (χ4v) is 1.16. The van der Waals surface area contributed by atoms with Crippen LogP contribution in [0.5, 0.6) is 0 Å². The molecule has 0 aliphatic carbocycles. The van der Waals surface area contributed by atoms with Gasteiger partial charge in [0.25, 0.3) is 0 Å². The van der Waals surface area contributed by atoms with Crippen LogP contribution in [0.1, 0.15) is 34.1 Å². The van der Waals surface area contributed by atoms with Crippen LogP contribution in [-0.4, -0.2) is 17.1 Å². The second-order valence-electron chi connectivity index (χ2n) is 3.40. The van der Waals surface area contributed by atoms with Crippen molar-refractivity contribution in [3.63, 3.8) is 0 Å². The Hall–Kier alpha value is -0.240. The van der Waals surface area contributed by atoms with Gasteiger partial charge in [-0.05, 0) is 26.2 Å². The lowest BCUT2D eigenvalue weighted by Crippen LogP contribution is -2.04. The summed E-state index contributed by atoms with van der Waals surface area (Å²) in [4.78, 5) is 5.32. The van der Waals surface area contributed by atoms with Gasteiger partial charge in [-0.1, -0.05) is 26.1 Å². The molecule has 0 rings (SSSR count). The number of nitrogens with zero attached hydrogens (tertiary/aromatic N) is 1. The lowest BCUT2D eigenvalue weighted by atomic mass is 10.1. The molecule has 0 aliphatic heterocycles. The van der Waals surface area contributed by atoms with Crippen molar-refractivity contribution >= 4 is 22.8 Å². The molecule has 0 amide bonds. The smallest absolute Gasteiger partial charge is 0.0701 e. The molecule has 0 aromatic carbocycles. The molecule has 0 atom stereocenters. The summed E-state index contributed by atoms with van der Waals surface area (Å²) in [5.41, 5.74) is 1.11. The minimum absolute atomic E-state index is 0.662. The monoisotopic (exact) mass is 171 g/mol. The molecular formula is C9H17NS. The van der Waals surface area contributed by atoms with Crippen LogP contribution in [0.15, 0.2) is 4.99 Å². The Kier molecular flexibility index (Phi) is 5.30. The van der Waals surface area contributed by atoms with Gasteiger partial charge in [-0.3, -0.25) is 4.99 Å². The Bertz CT molecular complexity index is 155. The molecule has 0 heterocycles. The highest BCUT2D eigenvalue weighted by Crippen LogP contribution is 2.01. The first kappa shape index (κ1) is 10.8. The van der Waals surface area contributed by atoms with Gasteiger partial charge in [0.1, 0.15) is 0 Å². The van der Waals surface area contributed by atoms with Crippen molar-refractivity contribution in [2.45, 2.75) is 34.1 Å². The van der Waals surface area contributed by atoms with E-state index in [2.05, 4.69) is 18.8 Å². The van der Waals surface area contributed by atoms with Gasteiger partial charge in [-0.2, -0.15) is 0 Å². The summed E-state index contributed by atoms with van der Waals surface area (Å²) in [6.45, 7) is 9.08. The molecule has 1 nitrogen and oxygen atoms in total. The molecule has 0 unspecified atom stereocenters. The van der Waals surface area contributed by atoms with Crippen LogP contribution in [0.25, 0.3) is 0 Å². The molecule has 0 radical (unpaired) electrons. The van der Waals surface area contributed by atoms with Crippen LogP contribution in [0.2, 0.25) is 0 Å². The Balaban J connectivity index is 3.62. The summed E-state index contributed by atoms with van der Waals surface area (Å²) in [6.07, 6.45) is 1.02. The van der Waals surface area contributed by atoms with Crippen molar-refractivity contribution < 1.29 is 0 Å². The molecule has 11 heavy (non-hydrogen) atoms. The van der Waals surface area contributed by atoms with Crippen LogP contribution in [0.4, 0.5) is 0 Å². The van der Waals surface area contributed by atoms with Crippen LogP contribution in [0, 0.1) is 5.92 Å².